The van der Waals surface area contributed by atoms with E-state index in [1.54, 1.807) is 0 Å². The van der Waals surface area contributed by atoms with Gasteiger partial charge >= 0.3 is 0 Å². The molecular formula is C75H55NO2. The lowest BCUT2D eigenvalue weighted by atomic mass is 9.72. The van der Waals surface area contributed by atoms with Gasteiger partial charge in [0.15, 0.2) is 0 Å². The Kier molecular flexibility index (Phi) is 9.21. The number of rotatable bonds is 6. The van der Waals surface area contributed by atoms with Crippen molar-refractivity contribution in [3.8, 4) is 66.8 Å². The summed E-state index contributed by atoms with van der Waals surface area (Å²) in [5.74, 6) is 0. The molecule has 0 atom stereocenters. The average molecular weight is 1000 g/mol. The van der Waals surface area contributed by atoms with E-state index in [4.69, 9.17) is 8.83 Å². The molecule has 372 valence electrons. The second kappa shape index (κ2) is 15.9. The van der Waals surface area contributed by atoms with E-state index in [1.807, 2.05) is 0 Å². The third kappa shape index (κ3) is 6.05. The lowest BCUT2D eigenvalue weighted by Gasteiger charge is -2.32. The van der Waals surface area contributed by atoms with Gasteiger partial charge in [0.05, 0.1) is 0 Å². The molecule has 78 heavy (non-hydrogen) atoms. The van der Waals surface area contributed by atoms with Gasteiger partial charge in [0.1, 0.15) is 22.3 Å². The first kappa shape index (κ1) is 45.1. The van der Waals surface area contributed by atoms with Crippen molar-refractivity contribution in [2.24, 2.45) is 0 Å². The van der Waals surface area contributed by atoms with Crippen molar-refractivity contribution in [3.63, 3.8) is 0 Å². The molecule has 0 spiro atoms. The highest BCUT2D eigenvalue weighted by atomic mass is 16.3. The largest absolute Gasteiger partial charge is 0.455 e. The molecule has 13 aromatic rings. The first-order valence-electron chi connectivity index (χ1n) is 27.5. The van der Waals surface area contributed by atoms with E-state index in [2.05, 4.69) is 271 Å². The molecule has 0 aliphatic heterocycles. The number of benzene rings is 11. The van der Waals surface area contributed by atoms with Crippen LogP contribution in [0.1, 0.15) is 74.9 Å². The number of fused-ring (bicyclic) bond motifs is 19. The Morgan fingerprint density at radius 3 is 1.47 bits per heavy atom. The van der Waals surface area contributed by atoms with Crippen LogP contribution in [0.2, 0.25) is 0 Å². The van der Waals surface area contributed by atoms with Crippen LogP contribution in [0.3, 0.4) is 0 Å². The summed E-state index contributed by atoms with van der Waals surface area (Å²) in [5, 5.41) is 4.68. The molecule has 0 radical (unpaired) electrons. The maximum Gasteiger partial charge on any atom is 0.144 e. The maximum absolute atomic E-state index is 7.04. The Labute approximate surface area is 454 Å². The minimum absolute atomic E-state index is 0.246. The summed E-state index contributed by atoms with van der Waals surface area (Å²) >= 11 is 0. The fraction of sp³-hybridized carbons (Fsp3) is 0.120. The Balaban J connectivity index is 0.918. The molecule has 3 aliphatic rings. The van der Waals surface area contributed by atoms with Gasteiger partial charge in [0.2, 0.25) is 0 Å². The predicted octanol–water partition coefficient (Wildman–Crippen LogP) is 20.9. The molecule has 0 bridgehead atoms. The highest BCUT2D eigenvalue weighted by molar-refractivity contribution is 6.22. The van der Waals surface area contributed by atoms with Crippen molar-refractivity contribution in [2.75, 3.05) is 4.90 Å². The molecule has 0 unspecified atom stereocenters. The Hall–Kier alpha value is -9.18. The summed E-state index contributed by atoms with van der Waals surface area (Å²) in [6.07, 6.45) is 0. The molecule has 0 saturated heterocycles. The molecule has 0 N–H and O–H groups in total. The topological polar surface area (TPSA) is 29.5 Å². The van der Waals surface area contributed by atoms with Crippen LogP contribution in [0.4, 0.5) is 17.1 Å². The number of para-hydroxylation sites is 2. The molecule has 3 aliphatic carbocycles. The molecule has 11 aromatic carbocycles. The van der Waals surface area contributed by atoms with Crippen molar-refractivity contribution >= 4 is 60.9 Å². The second-order valence-corrected chi connectivity index (χ2v) is 23.5. The third-order valence-electron chi connectivity index (χ3n) is 18.2. The molecule has 2 heterocycles. The van der Waals surface area contributed by atoms with Gasteiger partial charge in [-0.25, -0.2) is 0 Å². The number of hydrogen-bond donors (Lipinski definition) is 0. The molecule has 0 fully saturated rings. The summed E-state index contributed by atoms with van der Waals surface area (Å²) < 4.78 is 14.1. The quantitative estimate of drug-likeness (QED) is 0.166. The van der Waals surface area contributed by atoms with Crippen molar-refractivity contribution in [1.82, 2.24) is 0 Å². The van der Waals surface area contributed by atoms with Gasteiger partial charge in [-0.15, -0.1) is 0 Å². The van der Waals surface area contributed by atoms with Gasteiger partial charge in [-0.3, -0.25) is 0 Å². The van der Waals surface area contributed by atoms with Gasteiger partial charge in [-0.05, 0) is 144 Å². The van der Waals surface area contributed by atoms with E-state index in [-0.39, 0.29) is 16.2 Å². The first-order chi connectivity index (χ1) is 38.0. The van der Waals surface area contributed by atoms with Gasteiger partial charge in [0, 0.05) is 66.0 Å². The summed E-state index contributed by atoms with van der Waals surface area (Å²) in [6, 6.07) is 82.5. The van der Waals surface area contributed by atoms with Crippen molar-refractivity contribution < 1.29 is 8.83 Å². The number of nitrogens with zero attached hydrogens (tertiary/aromatic N) is 1. The van der Waals surface area contributed by atoms with Crippen LogP contribution in [0.15, 0.2) is 233 Å². The van der Waals surface area contributed by atoms with Crippen LogP contribution < -0.4 is 4.90 Å². The zero-order valence-electron chi connectivity index (χ0n) is 44.6. The van der Waals surface area contributed by atoms with Crippen LogP contribution in [0.25, 0.3) is 111 Å². The van der Waals surface area contributed by atoms with Crippen LogP contribution >= 0.6 is 0 Å². The fourth-order valence-corrected chi connectivity index (χ4v) is 14.6. The lowest BCUT2D eigenvalue weighted by Crippen LogP contribution is -2.24. The van der Waals surface area contributed by atoms with E-state index in [1.165, 1.54) is 99.8 Å². The van der Waals surface area contributed by atoms with E-state index in [0.717, 1.165) is 61.3 Å². The average Bonchev–Trinajstić information content (AvgIpc) is 2.95. The zero-order chi connectivity index (χ0) is 52.4. The highest BCUT2D eigenvalue weighted by Crippen LogP contribution is 2.64. The summed E-state index contributed by atoms with van der Waals surface area (Å²) in [5.41, 5.74) is 28.7. The second-order valence-electron chi connectivity index (χ2n) is 23.5. The third-order valence-corrected chi connectivity index (χ3v) is 18.2. The molecule has 16 rings (SSSR count). The number of hydrogen-bond acceptors (Lipinski definition) is 3. The van der Waals surface area contributed by atoms with Crippen molar-refractivity contribution in [1.29, 1.82) is 0 Å². The lowest BCUT2D eigenvalue weighted by molar-refractivity contribution is 0.600. The van der Waals surface area contributed by atoms with Gasteiger partial charge in [-0.2, -0.15) is 0 Å². The van der Waals surface area contributed by atoms with Gasteiger partial charge in [-0.1, -0.05) is 211 Å². The molecule has 3 nitrogen and oxygen atoms in total. The first-order valence-corrected chi connectivity index (χ1v) is 27.5. The highest BCUT2D eigenvalue weighted by Gasteiger charge is 2.49. The van der Waals surface area contributed by atoms with Crippen LogP contribution in [-0.2, 0) is 16.2 Å². The normalized spacial score (nSPS) is 14.8. The standard InChI is InChI=1S/C75H55NO2/c1-73(2)59-41-48(36-38-53(59)64-61(73)43-57(71-66(64)55-31-16-19-34-62(55)77-71)51-29-14-13-28-50(51)45-24-11-8-12-25-45)76(47-27-21-26-46(40-47)44-22-9-7-10-23-44)49-37-39-54-60(42-49)75(5,6)69-65(54)67-56-32-17-20-35-63(56)78-72(67)68-52-30-15-18-33-58(52)74(3,4)70(68)69/h7-43H,1-6H3. The summed E-state index contributed by atoms with van der Waals surface area (Å²) in [4.78, 5) is 2.50. The van der Waals surface area contributed by atoms with Crippen LogP contribution in [0.5, 0.6) is 0 Å². The Morgan fingerprint density at radius 2 is 0.782 bits per heavy atom. The molecule has 2 aromatic heterocycles. The Morgan fingerprint density at radius 1 is 0.295 bits per heavy atom. The summed E-state index contributed by atoms with van der Waals surface area (Å²) in [6.45, 7) is 14.6. The van der Waals surface area contributed by atoms with Gasteiger partial charge in [0.25, 0.3) is 0 Å². The number of anilines is 3. The smallest absolute Gasteiger partial charge is 0.144 e. The predicted molar refractivity (Wildman–Crippen MR) is 325 cm³/mol. The fourth-order valence-electron chi connectivity index (χ4n) is 14.6. The van der Waals surface area contributed by atoms with E-state index >= 15 is 0 Å². The molecule has 0 saturated carbocycles. The van der Waals surface area contributed by atoms with Crippen LogP contribution in [0, 0.1) is 0 Å². The SMILES string of the molecule is CC1(C)c2cc(N(c3cccc(-c4ccccc4)c3)c3ccc4c(c3)C(C)(C)c3c5c(c6oc7ccccc7c6c3-4)-c3ccccc3C5(C)C)ccc2-c2c1cc(-c1ccccc1-c1ccccc1)c1oc3ccccc3c21. The van der Waals surface area contributed by atoms with E-state index in [9.17, 15) is 0 Å². The maximum atomic E-state index is 7.04. The van der Waals surface area contributed by atoms with Crippen molar-refractivity contribution in [2.45, 2.75) is 57.8 Å². The minimum atomic E-state index is -0.369. The molecule has 3 heteroatoms. The van der Waals surface area contributed by atoms with Crippen molar-refractivity contribution in [3.05, 3.63) is 258 Å². The Bertz CT molecular complexity index is 4700. The monoisotopic (exact) mass is 1000 g/mol. The molecule has 0 amide bonds. The molecular weight excluding hydrogens is 947 g/mol. The van der Waals surface area contributed by atoms with Crippen LogP contribution in [-0.4, -0.2) is 0 Å². The van der Waals surface area contributed by atoms with Gasteiger partial charge < -0.3 is 13.7 Å². The minimum Gasteiger partial charge on any atom is -0.455 e. The zero-order valence-corrected chi connectivity index (χ0v) is 44.6. The number of furan rings is 2. The van der Waals surface area contributed by atoms with E-state index < -0.39 is 0 Å². The van der Waals surface area contributed by atoms with E-state index in [0.29, 0.717) is 0 Å². The summed E-state index contributed by atoms with van der Waals surface area (Å²) in [7, 11) is 0.